The predicted octanol–water partition coefficient (Wildman–Crippen LogP) is 4.08. The van der Waals surface area contributed by atoms with Crippen LogP contribution in [-0.2, 0) is 19.1 Å². The van der Waals surface area contributed by atoms with E-state index in [1.165, 1.54) is 0 Å². The van der Waals surface area contributed by atoms with Crippen LogP contribution in [0, 0.1) is 5.92 Å². The van der Waals surface area contributed by atoms with Gasteiger partial charge in [0.1, 0.15) is 0 Å². The van der Waals surface area contributed by atoms with Gasteiger partial charge in [-0.3, -0.25) is 0 Å². The van der Waals surface area contributed by atoms with Crippen LogP contribution in [0.25, 0.3) is 0 Å². The van der Waals surface area contributed by atoms with Gasteiger partial charge in [0.2, 0.25) is 0 Å². The molecule has 1 heterocycles. The van der Waals surface area contributed by atoms with Crippen molar-refractivity contribution in [3.05, 3.63) is 11.4 Å². The number of alkyl halides is 3. The maximum atomic E-state index is 13.1. The van der Waals surface area contributed by atoms with Gasteiger partial charge < -0.3 is 0 Å². The maximum Gasteiger partial charge on any atom is 0.434 e. The van der Waals surface area contributed by atoms with Crippen LogP contribution in [-0.4, -0.2) is 15.0 Å². The van der Waals surface area contributed by atoms with Gasteiger partial charge in [-0.25, -0.2) is 4.68 Å². The fourth-order valence-electron chi connectivity index (χ4n) is 2.03. The van der Waals surface area contributed by atoms with E-state index < -0.39 is 11.9 Å². The Morgan fingerprint density at radius 2 is 1.84 bits per heavy atom. The lowest BCUT2D eigenvalue weighted by Crippen LogP contribution is -2.17. The van der Waals surface area contributed by atoms with Gasteiger partial charge in [-0.1, -0.05) is 45.2 Å². The van der Waals surface area contributed by atoms with E-state index in [2.05, 4.69) is 17.2 Å². The normalized spacial score (nSPS) is 12.4. The van der Waals surface area contributed by atoms with Crippen molar-refractivity contribution in [2.45, 2.75) is 65.6 Å². The summed E-state index contributed by atoms with van der Waals surface area (Å²) in [6.07, 6.45) is -0.339. The van der Waals surface area contributed by atoms with E-state index in [-0.39, 0.29) is 11.6 Å². The first kappa shape index (κ1) is 16.0. The first-order chi connectivity index (χ1) is 8.86. The minimum absolute atomic E-state index is 0.0676. The third-order valence-corrected chi connectivity index (χ3v) is 2.90. The molecular weight excluding hydrogens is 255 g/mol. The molecule has 0 unspecified atom stereocenters. The molecule has 0 N–H and O–H groups in total. The summed E-state index contributed by atoms with van der Waals surface area (Å²) in [4.78, 5) is 0. The third-order valence-electron chi connectivity index (χ3n) is 2.90. The van der Waals surface area contributed by atoms with Gasteiger partial charge in [0, 0.05) is 6.54 Å². The van der Waals surface area contributed by atoms with Gasteiger partial charge in [-0.15, -0.1) is 5.10 Å². The van der Waals surface area contributed by atoms with Crippen LogP contribution in [0.5, 0.6) is 0 Å². The molecule has 0 fully saturated rings. The summed E-state index contributed by atoms with van der Waals surface area (Å²) in [6, 6.07) is 0. The summed E-state index contributed by atoms with van der Waals surface area (Å²) >= 11 is 0. The Morgan fingerprint density at radius 3 is 2.37 bits per heavy atom. The van der Waals surface area contributed by atoms with E-state index in [9.17, 15) is 13.2 Å². The number of nitrogens with zero attached hydrogens (tertiary/aromatic N) is 3. The molecular formula is C13H22F3N3. The number of aromatic nitrogens is 3. The Morgan fingerprint density at radius 1 is 1.16 bits per heavy atom. The second-order valence-corrected chi connectivity index (χ2v) is 5.26. The SMILES string of the molecule is CCCCCCn1nnc(CC(C)C)c1C(F)(F)F. The molecule has 0 atom stereocenters. The Kier molecular flexibility index (Phi) is 5.82. The van der Waals surface area contributed by atoms with Crippen LogP contribution < -0.4 is 0 Å². The van der Waals surface area contributed by atoms with E-state index in [1.807, 2.05) is 13.8 Å². The van der Waals surface area contributed by atoms with Crippen molar-refractivity contribution < 1.29 is 13.2 Å². The topological polar surface area (TPSA) is 30.7 Å². The molecule has 110 valence electrons. The van der Waals surface area contributed by atoms with E-state index >= 15 is 0 Å². The highest BCUT2D eigenvalue weighted by Crippen LogP contribution is 2.32. The Hall–Kier alpha value is -1.07. The molecule has 0 radical (unpaired) electrons. The van der Waals surface area contributed by atoms with Crippen molar-refractivity contribution in [2.75, 3.05) is 0 Å². The Labute approximate surface area is 112 Å². The van der Waals surface area contributed by atoms with E-state index in [1.54, 1.807) is 0 Å². The van der Waals surface area contributed by atoms with Crippen molar-refractivity contribution in [1.82, 2.24) is 15.0 Å². The zero-order valence-electron chi connectivity index (χ0n) is 11.8. The molecule has 1 aromatic heterocycles. The number of rotatable bonds is 7. The van der Waals surface area contributed by atoms with Gasteiger partial charge in [-0.2, -0.15) is 13.2 Å². The molecule has 0 amide bonds. The fourth-order valence-corrected chi connectivity index (χ4v) is 2.03. The molecule has 0 saturated carbocycles. The highest BCUT2D eigenvalue weighted by atomic mass is 19.4. The highest BCUT2D eigenvalue weighted by molar-refractivity contribution is 5.14. The number of hydrogen-bond donors (Lipinski definition) is 0. The lowest BCUT2D eigenvalue weighted by atomic mass is 10.1. The monoisotopic (exact) mass is 277 g/mol. The van der Waals surface area contributed by atoms with Gasteiger partial charge in [0.15, 0.2) is 5.69 Å². The Balaban J connectivity index is 2.83. The van der Waals surface area contributed by atoms with Crippen LogP contribution in [0.1, 0.15) is 57.8 Å². The highest BCUT2D eigenvalue weighted by Gasteiger charge is 2.39. The zero-order valence-corrected chi connectivity index (χ0v) is 11.8. The summed E-state index contributed by atoms with van der Waals surface area (Å²) in [5, 5.41) is 7.39. The van der Waals surface area contributed by atoms with Crippen molar-refractivity contribution >= 4 is 0 Å². The first-order valence-electron chi connectivity index (χ1n) is 6.85. The van der Waals surface area contributed by atoms with Crippen LogP contribution >= 0.6 is 0 Å². The van der Waals surface area contributed by atoms with Crippen LogP contribution in [0.4, 0.5) is 13.2 Å². The Bertz CT molecular complexity index is 383. The van der Waals surface area contributed by atoms with Gasteiger partial charge in [-0.05, 0) is 18.8 Å². The molecule has 0 aliphatic heterocycles. The molecule has 0 aliphatic rings. The van der Waals surface area contributed by atoms with Crippen LogP contribution in [0.3, 0.4) is 0 Å². The molecule has 3 nitrogen and oxygen atoms in total. The third kappa shape index (κ3) is 4.84. The smallest absolute Gasteiger partial charge is 0.240 e. The zero-order chi connectivity index (χ0) is 14.5. The summed E-state index contributed by atoms with van der Waals surface area (Å²) in [7, 11) is 0. The van der Waals surface area contributed by atoms with Crippen molar-refractivity contribution in [3.8, 4) is 0 Å². The van der Waals surface area contributed by atoms with Crippen molar-refractivity contribution in [3.63, 3.8) is 0 Å². The molecule has 1 aromatic rings. The van der Waals surface area contributed by atoms with E-state index in [0.29, 0.717) is 19.4 Å². The van der Waals surface area contributed by atoms with Gasteiger partial charge in [0.25, 0.3) is 0 Å². The second kappa shape index (κ2) is 6.91. The molecule has 6 heteroatoms. The van der Waals surface area contributed by atoms with Gasteiger partial charge in [0.05, 0.1) is 5.69 Å². The number of aryl methyl sites for hydroxylation is 1. The lowest BCUT2D eigenvalue weighted by molar-refractivity contribution is -0.145. The molecule has 0 aromatic carbocycles. The number of halogens is 3. The summed E-state index contributed by atoms with van der Waals surface area (Å²) in [6.45, 7) is 6.11. The van der Waals surface area contributed by atoms with Crippen LogP contribution in [0.15, 0.2) is 0 Å². The number of unbranched alkanes of at least 4 members (excludes halogenated alkanes) is 3. The minimum atomic E-state index is -4.38. The molecule has 19 heavy (non-hydrogen) atoms. The minimum Gasteiger partial charge on any atom is -0.240 e. The summed E-state index contributed by atoms with van der Waals surface area (Å²) < 4.78 is 40.2. The molecule has 0 spiro atoms. The maximum absolute atomic E-state index is 13.1. The average Bonchev–Trinajstić information content (AvgIpc) is 2.66. The quantitative estimate of drug-likeness (QED) is 0.703. The van der Waals surface area contributed by atoms with Crippen molar-refractivity contribution in [1.29, 1.82) is 0 Å². The van der Waals surface area contributed by atoms with Crippen molar-refractivity contribution in [2.24, 2.45) is 5.92 Å². The number of hydrogen-bond acceptors (Lipinski definition) is 2. The lowest BCUT2D eigenvalue weighted by Gasteiger charge is -2.12. The molecule has 1 rings (SSSR count). The molecule has 0 aliphatic carbocycles. The van der Waals surface area contributed by atoms with E-state index in [0.717, 1.165) is 23.9 Å². The molecule has 0 bridgehead atoms. The van der Waals surface area contributed by atoms with Crippen LogP contribution in [0.2, 0.25) is 0 Å². The standard InChI is InChI=1S/C13H22F3N3/c1-4-5-6-7-8-19-12(13(14,15)16)11(17-18-19)9-10(2)3/h10H,4-9H2,1-3H3. The van der Waals surface area contributed by atoms with Gasteiger partial charge >= 0.3 is 6.18 Å². The summed E-state index contributed by atoms with van der Waals surface area (Å²) in [5.74, 6) is 0.131. The molecule has 0 saturated heterocycles. The fraction of sp³-hybridized carbons (Fsp3) is 0.846. The summed E-state index contributed by atoms with van der Waals surface area (Å²) in [5.41, 5.74) is -0.601. The largest absolute Gasteiger partial charge is 0.434 e. The predicted molar refractivity (Wildman–Crippen MR) is 67.7 cm³/mol. The second-order valence-electron chi connectivity index (χ2n) is 5.26. The first-order valence-corrected chi connectivity index (χ1v) is 6.85. The van der Waals surface area contributed by atoms with E-state index in [4.69, 9.17) is 0 Å². The average molecular weight is 277 g/mol.